The van der Waals surface area contributed by atoms with E-state index < -0.39 is 20.1 Å². The van der Waals surface area contributed by atoms with E-state index in [4.69, 9.17) is 18.3 Å². The van der Waals surface area contributed by atoms with Crippen molar-refractivity contribution in [2.24, 2.45) is 5.41 Å². The Morgan fingerprint density at radius 1 is 1.40 bits per heavy atom. The van der Waals surface area contributed by atoms with Crippen LogP contribution in [0, 0.1) is 5.41 Å². The molecule has 1 rings (SSSR count). The molecule has 0 aromatic heterocycles. The molecular weight excluding hydrogens is 419 g/mol. The Hall–Kier alpha value is 0.280. The quantitative estimate of drug-likeness (QED) is 0.209. The number of carbonyl (C=O) groups excluding carboxylic acids is 1. The maximum absolute atomic E-state index is 12.2. The van der Waals surface area contributed by atoms with E-state index in [1.807, 2.05) is 0 Å². The van der Waals surface area contributed by atoms with Crippen molar-refractivity contribution in [3.8, 4) is 0 Å². The number of ether oxygens (including phenoxy) is 1. The van der Waals surface area contributed by atoms with Gasteiger partial charge in [0.25, 0.3) is 0 Å². The van der Waals surface area contributed by atoms with Gasteiger partial charge in [0.15, 0.2) is 0 Å². The summed E-state index contributed by atoms with van der Waals surface area (Å²) in [6.45, 7) is 6.80. The third-order valence-electron chi connectivity index (χ3n) is 2.52. The molecule has 6 nitrogen and oxygen atoms in total. The Morgan fingerprint density at radius 2 is 1.90 bits per heavy atom. The summed E-state index contributed by atoms with van der Waals surface area (Å²) in [4.78, 5) is 11.3. The summed E-state index contributed by atoms with van der Waals surface area (Å²) in [6, 6.07) is 0. The third kappa shape index (κ3) is 4.93. The molecule has 9 heteroatoms. The van der Waals surface area contributed by atoms with Gasteiger partial charge >= 0.3 is 13.8 Å². The fourth-order valence-electron chi connectivity index (χ4n) is 1.22. The average Bonchev–Trinajstić information content (AvgIpc) is 2.39. The van der Waals surface area contributed by atoms with Crippen LogP contribution in [-0.4, -0.2) is 36.1 Å². The zero-order valence-electron chi connectivity index (χ0n) is 11.3. The molecule has 116 valence electrons. The van der Waals surface area contributed by atoms with Crippen LogP contribution in [0.2, 0.25) is 0 Å². The van der Waals surface area contributed by atoms with Crippen LogP contribution in [0.25, 0.3) is 0 Å². The lowest BCUT2D eigenvalue weighted by Crippen LogP contribution is -2.39. The monoisotopic (exact) mass is 434 g/mol. The van der Waals surface area contributed by atoms with Gasteiger partial charge in [-0.1, -0.05) is 38.4 Å². The second-order valence-corrected chi connectivity index (χ2v) is 7.36. The van der Waals surface area contributed by atoms with Crippen LogP contribution in [0.4, 0.5) is 0 Å². The maximum atomic E-state index is 12.2. The van der Waals surface area contributed by atoms with Crippen molar-refractivity contribution in [1.82, 2.24) is 0 Å². The first-order valence-corrected chi connectivity index (χ1v) is 9.52. The van der Waals surface area contributed by atoms with Crippen molar-refractivity contribution in [3.63, 3.8) is 0 Å². The third-order valence-corrected chi connectivity index (χ3v) is 6.35. The molecule has 1 fully saturated rings. The van der Waals surface area contributed by atoms with E-state index in [0.29, 0.717) is 10.7 Å². The molecular formula is C11H17Br2O6P. The Balaban J connectivity index is 2.55. The van der Waals surface area contributed by atoms with Crippen molar-refractivity contribution < 1.29 is 27.7 Å². The molecule has 0 saturated carbocycles. The predicted octanol–water partition coefficient (Wildman–Crippen LogP) is 3.40. The number of phosphoric acid groups is 1. The first-order chi connectivity index (χ1) is 9.26. The molecule has 1 unspecified atom stereocenters. The predicted molar refractivity (Wildman–Crippen MR) is 81.0 cm³/mol. The van der Waals surface area contributed by atoms with E-state index >= 15 is 0 Å². The number of esters is 1. The lowest BCUT2D eigenvalue weighted by molar-refractivity contribution is -0.160. The highest BCUT2D eigenvalue weighted by Gasteiger charge is 2.43. The fraction of sp³-hybridized carbons (Fsp3) is 0.727. The first-order valence-electron chi connectivity index (χ1n) is 5.82. The molecule has 0 amide bonds. The highest BCUT2D eigenvalue weighted by atomic mass is 79.9. The van der Waals surface area contributed by atoms with Crippen LogP contribution in [0.1, 0.15) is 13.8 Å². The summed E-state index contributed by atoms with van der Waals surface area (Å²) in [5.41, 5.74) is -0.0728. The van der Waals surface area contributed by atoms with Gasteiger partial charge in [0.1, 0.15) is 0 Å². The second kappa shape index (κ2) is 7.51. The molecule has 0 bridgehead atoms. The number of carbonyl (C=O) groups is 1. The van der Waals surface area contributed by atoms with E-state index in [1.54, 1.807) is 0 Å². The molecule has 1 atom stereocenters. The molecule has 0 aromatic rings. The number of halogens is 2. The zero-order chi connectivity index (χ0) is 15.4. The minimum atomic E-state index is -3.71. The molecule has 20 heavy (non-hydrogen) atoms. The normalized spacial score (nSPS) is 22.0. The van der Waals surface area contributed by atoms with Gasteiger partial charge in [0, 0.05) is 21.6 Å². The standard InChI is InChI=1S/C11H17Br2O6P/c1-8(2)10(14)18-9(3)19-20(15)16-6-11(4-12,5-13)7-17-20/h9H,1,4-7H2,2-3H3. The van der Waals surface area contributed by atoms with Crippen LogP contribution < -0.4 is 0 Å². The molecule has 1 saturated heterocycles. The lowest BCUT2D eigenvalue weighted by atomic mass is 9.96. The summed E-state index contributed by atoms with van der Waals surface area (Å²) in [5.74, 6) is -0.628. The highest BCUT2D eigenvalue weighted by molar-refractivity contribution is 9.09. The topological polar surface area (TPSA) is 71.1 Å². The van der Waals surface area contributed by atoms with E-state index in [9.17, 15) is 9.36 Å². The highest BCUT2D eigenvalue weighted by Crippen LogP contribution is 2.56. The fourth-order valence-corrected chi connectivity index (χ4v) is 4.26. The zero-order valence-corrected chi connectivity index (χ0v) is 15.3. The van der Waals surface area contributed by atoms with E-state index in [-0.39, 0.29) is 24.2 Å². The van der Waals surface area contributed by atoms with Crippen LogP contribution in [0.3, 0.4) is 0 Å². The summed E-state index contributed by atoms with van der Waals surface area (Å²) >= 11 is 6.73. The van der Waals surface area contributed by atoms with Crippen molar-refractivity contribution in [3.05, 3.63) is 12.2 Å². The first kappa shape index (κ1) is 18.3. The largest absolute Gasteiger partial charge is 0.477 e. The molecule has 1 heterocycles. The van der Waals surface area contributed by atoms with Gasteiger partial charge in [-0.25, -0.2) is 13.9 Å². The van der Waals surface area contributed by atoms with E-state index in [0.717, 1.165) is 0 Å². The smallest absolute Gasteiger partial charge is 0.432 e. The summed E-state index contributed by atoms with van der Waals surface area (Å²) in [6.07, 6.45) is -1.05. The van der Waals surface area contributed by atoms with E-state index in [2.05, 4.69) is 38.4 Å². The van der Waals surface area contributed by atoms with Crippen molar-refractivity contribution >= 4 is 45.7 Å². The van der Waals surface area contributed by atoms with Crippen molar-refractivity contribution in [2.75, 3.05) is 23.9 Å². The van der Waals surface area contributed by atoms with Gasteiger partial charge in [0.2, 0.25) is 6.29 Å². The number of hydrogen-bond donors (Lipinski definition) is 0. The molecule has 0 N–H and O–H groups in total. The molecule has 0 aliphatic carbocycles. The van der Waals surface area contributed by atoms with Gasteiger partial charge in [-0.05, 0) is 13.8 Å². The molecule has 1 aliphatic rings. The Kier molecular flexibility index (Phi) is 6.89. The van der Waals surface area contributed by atoms with Gasteiger partial charge < -0.3 is 4.74 Å². The van der Waals surface area contributed by atoms with Gasteiger partial charge in [-0.15, -0.1) is 0 Å². The van der Waals surface area contributed by atoms with Crippen molar-refractivity contribution in [1.29, 1.82) is 0 Å². The van der Waals surface area contributed by atoms with Crippen LogP contribution >= 0.6 is 39.7 Å². The Labute approximate surface area is 135 Å². The van der Waals surface area contributed by atoms with Gasteiger partial charge in [-0.2, -0.15) is 0 Å². The van der Waals surface area contributed by atoms with Crippen LogP contribution in [0.5, 0.6) is 0 Å². The number of phosphoric ester groups is 1. The van der Waals surface area contributed by atoms with Gasteiger partial charge in [0.05, 0.1) is 13.2 Å². The van der Waals surface area contributed by atoms with Crippen LogP contribution in [-0.2, 0) is 27.7 Å². The molecule has 0 radical (unpaired) electrons. The lowest BCUT2D eigenvalue weighted by Gasteiger charge is -2.36. The summed E-state index contributed by atoms with van der Waals surface area (Å²) < 4.78 is 32.6. The molecule has 0 aromatic carbocycles. The number of alkyl halides is 2. The Morgan fingerprint density at radius 3 is 2.30 bits per heavy atom. The minimum Gasteiger partial charge on any atom is -0.432 e. The number of hydrogen-bond acceptors (Lipinski definition) is 6. The molecule has 0 spiro atoms. The summed E-state index contributed by atoms with van der Waals surface area (Å²) in [7, 11) is -3.71. The SMILES string of the molecule is C=C(C)C(=O)OC(C)OP1(=O)OCC(CBr)(CBr)CO1. The second-order valence-electron chi connectivity index (χ2n) is 4.62. The molecule has 1 aliphatic heterocycles. The Bertz CT molecular complexity index is 409. The number of rotatable bonds is 6. The maximum Gasteiger partial charge on any atom is 0.477 e. The van der Waals surface area contributed by atoms with Crippen LogP contribution in [0.15, 0.2) is 12.2 Å². The van der Waals surface area contributed by atoms with E-state index in [1.165, 1.54) is 13.8 Å². The average molecular weight is 436 g/mol. The minimum absolute atomic E-state index is 0.210. The van der Waals surface area contributed by atoms with Gasteiger partial charge in [-0.3, -0.25) is 9.05 Å². The summed E-state index contributed by atoms with van der Waals surface area (Å²) in [5, 5.41) is 1.26. The van der Waals surface area contributed by atoms with Crippen molar-refractivity contribution in [2.45, 2.75) is 20.1 Å².